The highest BCUT2D eigenvalue weighted by atomic mass is 35.5. The predicted molar refractivity (Wildman–Crippen MR) is 83.7 cm³/mol. The van der Waals surface area contributed by atoms with Crippen LogP contribution >= 0.6 is 23.2 Å². The van der Waals surface area contributed by atoms with Crippen LogP contribution in [-0.2, 0) is 10.2 Å². The van der Waals surface area contributed by atoms with Crippen molar-refractivity contribution < 1.29 is 8.42 Å². The topological polar surface area (TPSA) is 84.0 Å². The predicted octanol–water partition coefficient (Wildman–Crippen LogP) is 2.72. The second kappa shape index (κ2) is 6.57. The average molecular weight is 347 g/mol. The number of nitrogens with one attached hydrogen (secondary N) is 2. The van der Waals surface area contributed by atoms with Crippen molar-refractivity contribution in [2.24, 2.45) is 0 Å². The third kappa shape index (κ3) is 4.04. The minimum absolute atomic E-state index is 0.0956. The highest BCUT2D eigenvalue weighted by molar-refractivity contribution is 7.90. The van der Waals surface area contributed by atoms with E-state index in [1.165, 1.54) is 6.33 Å². The molecule has 1 aromatic heterocycles. The summed E-state index contributed by atoms with van der Waals surface area (Å²) in [6, 6.07) is 6.75. The highest BCUT2D eigenvalue weighted by Gasteiger charge is 2.17. The van der Waals surface area contributed by atoms with Crippen LogP contribution in [0.4, 0.5) is 5.82 Å². The van der Waals surface area contributed by atoms with Crippen molar-refractivity contribution in [3.8, 4) is 11.1 Å². The standard InChI is InChI=1S/C12H12Cl2N4O2S/c1-2-17-21(19,20)18-12-10(11(14)15-7-16-12)8-3-5-9(13)6-4-8/h3-7,17H,2H2,1H3,(H,15,16,18). The molecule has 0 aliphatic rings. The van der Waals surface area contributed by atoms with E-state index in [9.17, 15) is 8.42 Å². The lowest BCUT2D eigenvalue weighted by Gasteiger charge is -2.12. The normalized spacial score (nSPS) is 11.4. The van der Waals surface area contributed by atoms with E-state index in [2.05, 4.69) is 19.4 Å². The lowest BCUT2D eigenvalue weighted by Crippen LogP contribution is -2.30. The van der Waals surface area contributed by atoms with Crippen LogP contribution in [0.3, 0.4) is 0 Å². The molecule has 21 heavy (non-hydrogen) atoms. The smallest absolute Gasteiger partial charge is 0.254 e. The van der Waals surface area contributed by atoms with Crippen molar-refractivity contribution in [3.05, 3.63) is 40.8 Å². The highest BCUT2D eigenvalue weighted by Crippen LogP contribution is 2.32. The largest absolute Gasteiger partial charge is 0.300 e. The Kier molecular flexibility index (Phi) is 5.00. The lowest BCUT2D eigenvalue weighted by molar-refractivity contribution is 0.589. The summed E-state index contributed by atoms with van der Waals surface area (Å²) in [5.74, 6) is 0.0956. The SMILES string of the molecule is CCNS(=O)(=O)Nc1ncnc(Cl)c1-c1ccc(Cl)cc1. The van der Waals surface area contributed by atoms with Gasteiger partial charge < -0.3 is 0 Å². The third-order valence-corrected chi connectivity index (χ3v) is 4.17. The van der Waals surface area contributed by atoms with Crippen LogP contribution in [0.15, 0.2) is 30.6 Å². The molecule has 112 valence electrons. The number of aromatic nitrogens is 2. The van der Waals surface area contributed by atoms with Crippen molar-refractivity contribution in [2.45, 2.75) is 6.92 Å². The molecule has 0 bridgehead atoms. The molecular formula is C12H12Cl2N4O2S. The number of hydrogen-bond donors (Lipinski definition) is 2. The van der Waals surface area contributed by atoms with E-state index in [0.717, 1.165) is 0 Å². The van der Waals surface area contributed by atoms with Gasteiger partial charge in [-0.2, -0.15) is 13.1 Å². The molecule has 6 nitrogen and oxygen atoms in total. The summed E-state index contributed by atoms with van der Waals surface area (Å²) >= 11 is 11.9. The number of rotatable bonds is 5. The van der Waals surface area contributed by atoms with Gasteiger partial charge in [0.2, 0.25) is 0 Å². The van der Waals surface area contributed by atoms with Gasteiger partial charge in [0, 0.05) is 11.6 Å². The van der Waals surface area contributed by atoms with Crippen LogP contribution in [0.1, 0.15) is 6.92 Å². The Hall–Kier alpha value is -1.41. The van der Waals surface area contributed by atoms with Crippen LogP contribution in [0, 0.1) is 0 Å². The Balaban J connectivity index is 2.48. The molecule has 2 rings (SSSR count). The monoisotopic (exact) mass is 346 g/mol. The maximum atomic E-state index is 11.8. The summed E-state index contributed by atoms with van der Waals surface area (Å²) in [7, 11) is -3.72. The molecule has 0 spiro atoms. The summed E-state index contributed by atoms with van der Waals surface area (Å²) < 4.78 is 28.3. The van der Waals surface area contributed by atoms with E-state index in [-0.39, 0.29) is 17.5 Å². The van der Waals surface area contributed by atoms with Crippen LogP contribution < -0.4 is 9.44 Å². The fraction of sp³-hybridized carbons (Fsp3) is 0.167. The Morgan fingerprint density at radius 2 is 1.81 bits per heavy atom. The summed E-state index contributed by atoms with van der Waals surface area (Å²) in [4.78, 5) is 7.83. The van der Waals surface area contributed by atoms with Gasteiger partial charge in [-0.05, 0) is 17.7 Å². The van der Waals surface area contributed by atoms with Crippen molar-refractivity contribution in [1.82, 2.24) is 14.7 Å². The molecule has 2 aromatic rings. The molecule has 0 radical (unpaired) electrons. The molecule has 0 atom stereocenters. The zero-order valence-corrected chi connectivity index (χ0v) is 13.3. The van der Waals surface area contributed by atoms with E-state index >= 15 is 0 Å². The Labute approximate surface area is 132 Å². The second-order valence-electron chi connectivity index (χ2n) is 4.00. The molecule has 2 N–H and O–H groups in total. The summed E-state index contributed by atoms with van der Waals surface area (Å²) in [6.07, 6.45) is 1.19. The zero-order chi connectivity index (χ0) is 15.5. The first kappa shape index (κ1) is 16.0. The van der Waals surface area contributed by atoms with Crippen molar-refractivity contribution >= 4 is 39.2 Å². The van der Waals surface area contributed by atoms with Gasteiger partial charge in [-0.3, -0.25) is 4.72 Å². The molecule has 0 aliphatic carbocycles. The molecule has 9 heteroatoms. The summed E-state index contributed by atoms with van der Waals surface area (Å²) in [5, 5.41) is 0.697. The first-order chi connectivity index (χ1) is 9.93. The summed E-state index contributed by atoms with van der Waals surface area (Å²) in [6.45, 7) is 1.93. The Morgan fingerprint density at radius 3 is 2.43 bits per heavy atom. The van der Waals surface area contributed by atoms with Crippen LogP contribution in [0.25, 0.3) is 11.1 Å². The first-order valence-electron chi connectivity index (χ1n) is 5.97. The number of benzene rings is 1. The number of anilines is 1. The minimum Gasteiger partial charge on any atom is -0.254 e. The molecule has 0 saturated carbocycles. The van der Waals surface area contributed by atoms with Gasteiger partial charge in [-0.1, -0.05) is 42.3 Å². The fourth-order valence-corrected chi connectivity index (χ4v) is 2.90. The molecule has 0 aliphatic heterocycles. The average Bonchev–Trinajstić information content (AvgIpc) is 2.40. The maximum absolute atomic E-state index is 11.8. The van der Waals surface area contributed by atoms with Crippen molar-refractivity contribution in [3.63, 3.8) is 0 Å². The second-order valence-corrected chi connectivity index (χ2v) is 6.29. The van der Waals surface area contributed by atoms with Crippen molar-refractivity contribution in [2.75, 3.05) is 11.3 Å². The number of hydrogen-bond acceptors (Lipinski definition) is 4. The molecule has 0 unspecified atom stereocenters. The molecule has 0 saturated heterocycles. The molecule has 0 amide bonds. The van der Waals surface area contributed by atoms with Gasteiger partial charge in [0.05, 0.1) is 5.56 Å². The van der Waals surface area contributed by atoms with Gasteiger partial charge in [0.1, 0.15) is 11.5 Å². The van der Waals surface area contributed by atoms with Gasteiger partial charge in [0.25, 0.3) is 10.2 Å². The number of halogens is 2. The molecule has 1 heterocycles. The van der Waals surface area contributed by atoms with E-state index in [0.29, 0.717) is 16.1 Å². The fourth-order valence-electron chi connectivity index (χ4n) is 1.67. The van der Waals surface area contributed by atoms with E-state index < -0.39 is 10.2 Å². The zero-order valence-electron chi connectivity index (χ0n) is 11.0. The quantitative estimate of drug-likeness (QED) is 0.815. The van der Waals surface area contributed by atoms with Gasteiger partial charge in [-0.15, -0.1) is 0 Å². The lowest BCUT2D eigenvalue weighted by atomic mass is 10.1. The van der Waals surface area contributed by atoms with E-state index in [1.807, 2.05) is 0 Å². The van der Waals surface area contributed by atoms with Gasteiger partial charge in [0.15, 0.2) is 5.82 Å². The Morgan fingerprint density at radius 1 is 1.14 bits per heavy atom. The van der Waals surface area contributed by atoms with Crippen LogP contribution in [0.5, 0.6) is 0 Å². The Bertz CT molecular complexity index is 735. The minimum atomic E-state index is -3.72. The van der Waals surface area contributed by atoms with Gasteiger partial charge >= 0.3 is 0 Å². The third-order valence-electron chi connectivity index (χ3n) is 2.50. The molecule has 1 aromatic carbocycles. The summed E-state index contributed by atoms with van der Waals surface area (Å²) in [5.41, 5.74) is 1.04. The van der Waals surface area contributed by atoms with Crippen LogP contribution in [0.2, 0.25) is 10.2 Å². The molecule has 0 fully saturated rings. The van der Waals surface area contributed by atoms with Crippen LogP contribution in [-0.4, -0.2) is 24.9 Å². The van der Waals surface area contributed by atoms with Crippen molar-refractivity contribution in [1.29, 1.82) is 0 Å². The van der Waals surface area contributed by atoms with E-state index in [1.54, 1.807) is 31.2 Å². The molecular weight excluding hydrogens is 335 g/mol. The number of nitrogens with zero attached hydrogens (tertiary/aromatic N) is 2. The maximum Gasteiger partial charge on any atom is 0.300 e. The van der Waals surface area contributed by atoms with Gasteiger partial charge in [-0.25, -0.2) is 9.97 Å². The first-order valence-corrected chi connectivity index (χ1v) is 8.20. The van der Waals surface area contributed by atoms with E-state index in [4.69, 9.17) is 23.2 Å².